The third-order valence-electron chi connectivity index (χ3n) is 0.729. The minimum absolute atomic E-state index is 0. The van der Waals surface area contributed by atoms with Gasteiger partial charge in [0, 0.05) is 19.5 Å². The normalized spacial score (nSPS) is 11.5. The van der Waals surface area contributed by atoms with Gasteiger partial charge in [0.25, 0.3) is 0 Å². The Morgan fingerprint density at radius 1 is 1.00 bits per heavy atom. The Morgan fingerprint density at radius 2 is 1.27 bits per heavy atom. The van der Waals surface area contributed by atoms with E-state index in [1.54, 1.807) is 0 Å². The van der Waals surface area contributed by atoms with Gasteiger partial charge in [-0.25, -0.2) is 0 Å². The van der Waals surface area contributed by atoms with E-state index in [0.29, 0.717) is 0 Å². The molecule has 0 nitrogen and oxygen atoms in total. The Morgan fingerprint density at radius 3 is 1.27 bits per heavy atom. The van der Waals surface area contributed by atoms with Crippen LogP contribution in [0.25, 0.3) is 0 Å². The molecule has 0 aliphatic heterocycles. The molecule has 0 heterocycles. The van der Waals surface area contributed by atoms with Crippen molar-refractivity contribution < 1.29 is 41.4 Å². The zero-order chi connectivity index (χ0) is 7.71. The maximum Gasteiger partial charge on any atom is 0.450 e. The first-order valence-corrected chi connectivity index (χ1v) is 2.05. The van der Waals surface area contributed by atoms with Gasteiger partial charge in [-0.05, 0) is 0 Å². The molecule has 0 saturated heterocycles. The third-order valence-corrected chi connectivity index (χ3v) is 0.729. The van der Waals surface area contributed by atoms with E-state index in [-0.39, 0.29) is 43.5 Å². The molecule has 0 N–H and O–H groups in total. The number of hydrogen-bond acceptors (Lipinski definition) is 0. The molecule has 0 aromatic heterocycles. The van der Waals surface area contributed by atoms with Gasteiger partial charge < -0.3 is 6.92 Å². The molecule has 0 aliphatic carbocycles. The van der Waals surface area contributed by atoms with Gasteiger partial charge in [-0.1, -0.05) is 0 Å². The first-order chi connectivity index (χ1) is 3.81. The Hall–Kier alpha value is 1.00. The molecule has 0 fully saturated rings. The first-order valence-electron chi connectivity index (χ1n) is 2.05. The van der Waals surface area contributed by atoms with Gasteiger partial charge in [0.15, 0.2) is 0 Å². The summed E-state index contributed by atoms with van der Waals surface area (Å²) in [5.74, 6) is -4.63. The monoisotopic (exact) mass is 339 g/mol. The van der Waals surface area contributed by atoms with Crippen molar-refractivity contribution in [3.63, 3.8) is 0 Å². The van der Waals surface area contributed by atoms with Crippen LogP contribution in [0.5, 0.6) is 0 Å². The van der Waals surface area contributed by atoms with E-state index in [0.717, 1.165) is 0 Å². The molecule has 0 aliphatic rings. The van der Waals surface area contributed by atoms with Gasteiger partial charge in [-0.3, -0.25) is 0 Å². The molecule has 0 saturated carbocycles. The fourth-order valence-electron chi connectivity index (χ4n) is 0.142. The summed E-state index contributed by atoms with van der Waals surface area (Å²) in [4.78, 5) is 0. The van der Waals surface area contributed by atoms with Crippen molar-refractivity contribution in [1.82, 2.24) is 0 Å². The van der Waals surface area contributed by atoms with Gasteiger partial charge in [0.05, 0.1) is 0 Å². The molecular formula is C4H5F5IZn-. The van der Waals surface area contributed by atoms with Crippen LogP contribution >= 0.6 is 24.0 Å². The molecule has 0 bridgehead atoms. The second-order valence-electron chi connectivity index (χ2n) is 1.45. The first kappa shape index (κ1) is 17.9. The van der Waals surface area contributed by atoms with Crippen molar-refractivity contribution in [2.45, 2.75) is 18.5 Å². The maximum atomic E-state index is 11.5. The number of alkyl halides is 5. The SMILES string of the molecule is I.[CH2-]CC(F)(F)C(F)(F)F.[Zn]. The van der Waals surface area contributed by atoms with Crippen LogP contribution in [0.2, 0.25) is 0 Å². The van der Waals surface area contributed by atoms with Gasteiger partial charge in [-0.15, -0.1) is 30.4 Å². The van der Waals surface area contributed by atoms with Crippen LogP contribution in [0.4, 0.5) is 22.0 Å². The molecule has 0 spiro atoms. The summed E-state index contributed by atoms with van der Waals surface area (Å²) < 4.78 is 56.1. The summed E-state index contributed by atoms with van der Waals surface area (Å²) in [7, 11) is 0. The van der Waals surface area contributed by atoms with Crippen molar-refractivity contribution in [2.24, 2.45) is 0 Å². The van der Waals surface area contributed by atoms with E-state index in [1.165, 1.54) is 0 Å². The van der Waals surface area contributed by atoms with E-state index in [1.807, 2.05) is 0 Å². The summed E-state index contributed by atoms with van der Waals surface area (Å²) in [6.07, 6.45) is -6.90. The van der Waals surface area contributed by atoms with Crippen molar-refractivity contribution in [2.75, 3.05) is 0 Å². The average molecular weight is 340 g/mol. The average Bonchev–Trinajstić information content (AvgIpc) is 1.64. The molecule has 11 heavy (non-hydrogen) atoms. The number of halogens is 6. The van der Waals surface area contributed by atoms with Crippen molar-refractivity contribution in [3.05, 3.63) is 6.92 Å². The number of hydrogen-bond donors (Lipinski definition) is 0. The van der Waals surface area contributed by atoms with Crippen LogP contribution < -0.4 is 0 Å². The largest absolute Gasteiger partial charge is 0.450 e. The van der Waals surface area contributed by atoms with Gasteiger partial charge >= 0.3 is 12.1 Å². The summed E-state index contributed by atoms with van der Waals surface area (Å²) in [6.45, 7) is 2.45. The van der Waals surface area contributed by atoms with Crippen LogP contribution in [-0.2, 0) is 19.5 Å². The minimum atomic E-state index is -5.45. The van der Waals surface area contributed by atoms with E-state index < -0.39 is 18.5 Å². The van der Waals surface area contributed by atoms with E-state index in [9.17, 15) is 22.0 Å². The molecule has 0 aromatic carbocycles. The molecule has 7 heteroatoms. The van der Waals surface area contributed by atoms with Crippen LogP contribution in [0.1, 0.15) is 6.42 Å². The fraction of sp³-hybridized carbons (Fsp3) is 0.750. The zero-order valence-corrected chi connectivity index (χ0v) is 10.7. The molecule has 66 valence electrons. The van der Waals surface area contributed by atoms with E-state index in [2.05, 4.69) is 6.92 Å². The summed E-state index contributed by atoms with van der Waals surface area (Å²) in [5, 5.41) is 0. The topological polar surface area (TPSA) is 0 Å². The van der Waals surface area contributed by atoms with Crippen LogP contribution in [-0.4, -0.2) is 12.1 Å². The summed E-state index contributed by atoms with van der Waals surface area (Å²) in [5.41, 5.74) is 0. The minimum Gasteiger partial charge on any atom is -0.337 e. The smallest absolute Gasteiger partial charge is 0.337 e. The number of rotatable bonds is 1. The van der Waals surface area contributed by atoms with Gasteiger partial charge in [0.2, 0.25) is 0 Å². The third kappa shape index (κ3) is 5.28. The van der Waals surface area contributed by atoms with E-state index in [4.69, 9.17) is 0 Å². The molecule has 0 radical (unpaired) electrons. The Balaban J connectivity index is -0.000000320. The Bertz CT molecular complexity index is 101. The van der Waals surface area contributed by atoms with E-state index >= 15 is 0 Å². The fourth-order valence-corrected chi connectivity index (χ4v) is 0.142. The summed E-state index contributed by atoms with van der Waals surface area (Å²) >= 11 is 0. The maximum absolute atomic E-state index is 11.5. The molecular weight excluding hydrogens is 335 g/mol. The van der Waals surface area contributed by atoms with Crippen molar-refractivity contribution >= 4 is 24.0 Å². The predicted octanol–water partition coefficient (Wildman–Crippen LogP) is 3.02. The second kappa shape index (κ2) is 5.62. The Kier molecular flexibility index (Phi) is 9.15. The quantitative estimate of drug-likeness (QED) is 0.298. The molecule has 0 aromatic rings. The molecule has 0 unspecified atom stereocenters. The standard InChI is InChI=1S/C4H4F5.HI.Zn/c1-2-3(5,6)4(7,8)9;;/h1-2H2;1H;/q-1;;. The molecule has 0 rings (SSSR count). The van der Waals surface area contributed by atoms with Crippen LogP contribution in [0.15, 0.2) is 0 Å². The van der Waals surface area contributed by atoms with Crippen molar-refractivity contribution in [3.8, 4) is 0 Å². The zero-order valence-electron chi connectivity index (χ0n) is 5.42. The van der Waals surface area contributed by atoms with Crippen LogP contribution in [0, 0.1) is 6.92 Å². The second-order valence-corrected chi connectivity index (χ2v) is 1.45. The molecule has 0 amide bonds. The van der Waals surface area contributed by atoms with Crippen LogP contribution in [0.3, 0.4) is 0 Å². The van der Waals surface area contributed by atoms with Gasteiger partial charge in [-0.2, -0.15) is 22.0 Å². The van der Waals surface area contributed by atoms with Gasteiger partial charge in [0.1, 0.15) is 0 Å². The summed E-state index contributed by atoms with van der Waals surface area (Å²) in [6, 6.07) is 0. The Labute approximate surface area is 90.7 Å². The molecule has 0 atom stereocenters. The van der Waals surface area contributed by atoms with Crippen molar-refractivity contribution in [1.29, 1.82) is 0 Å². The predicted molar refractivity (Wildman–Crippen MR) is 36.4 cm³/mol.